The van der Waals surface area contributed by atoms with Crippen molar-refractivity contribution in [2.45, 2.75) is 264 Å². The van der Waals surface area contributed by atoms with Gasteiger partial charge >= 0.3 is 12.1 Å². The van der Waals surface area contributed by atoms with Crippen molar-refractivity contribution in [3.05, 3.63) is 0 Å². The lowest BCUT2D eigenvalue weighted by atomic mass is 10.0. The van der Waals surface area contributed by atoms with E-state index in [1.54, 1.807) is 20.8 Å². The quantitative estimate of drug-likeness (QED) is 0.0356. The highest BCUT2D eigenvalue weighted by atomic mass is 16.6. The molecule has 0 heterocycles. The van der Waals surface area contributed by atoms with Gasteiger partial charge in [-0.1, -0.05) is 175 Å². The van der Waals surface area contributed by atoms with Crippen LogP contribution < -0.4 is 5.32 Å². The molecule has 9 heteroatoms. The smallest absolute Gasteiger partial charge is 0.408 e. The minimum atomic E-state index is -0.895. The third-order valence-electron chi connectivity index (χ3n) is 10.7. The Morgan fingerprint density at radius 2 is 0.875 bits per heavy atom. The molecule has 56 heavy (non-hydrogen) atoms. The number of hydrogen-bond acceptors (Lipinski definition) is 8. The molecule has 4 unspecified atom stereocenters. The number of nitrogens with one attached hydrogen (secondary N) is 1. The molecule has 334 valence electrons. The zero-order valence-corrected chi connectivity index (χ0v) is 37.8. The molecule has 0 saturated carbocycles. The molecule has 0 fully saturated rings. The number of amides is 1. The van der Waals surface area contributed by atoms with Crippen LogP contribution in [0.3, 0.4) is 0 Å². The van der Waals surface area contributed by atoms with Crippen LogP contribution in [0.4, 0.5) is 4.79 Å². The van der Waals surface area contributed by atoms with Crippen LogP contribution in [0.2, 0.25) is 0 Å². The lowest BCUT2D eigenvalue weighted by molar-refractivity contribution is -0.149. The first-order chi connectivity index (χ1) is 26.9. The van der Waals surface area contributed by atoms with Gasteiger partial charge in [0.05, 0.1) is 18.3 Å². The summed E-state index contributed by atoms with van der Waals surface area (Å²) in [6.07, 6.45) is 30.6. The Morgan fingerprint density at radius 1 is 0.518 bits per heavy atom. The molecule has 0 aliphatic carbocycles. The Bertz CT molecular complexity index is 855. The van der Waals surface area contributed by atoms with E-state index in [2.05, 4.69) is 31.0 Å². The number of aliphatic hydroxyl groups is 3. The van der Waals surface area contributed by atoms with E-state index in [0.29, 0.717) is 38.9 Å². The van der Waals surface area contributed by atoms with Crippen LogP contribution in [0.1, 0.15) is 234 Å². The number of unbranched alkanes of at least 4 members (excludes halogenated alkanes) is 22. The van der Waals surface area contributed by atoms with Crippen molar-refractivity contribution in [2.24, 2.45) is 0 Å². The fourth-order valence-corrected chi connectivity index (χ4v) is 7.32. The standard InChI is InChI=1S/C47H94N2O7/c1-7-10-13-16-19-22-25-28-33-41(50)38-49(39-42(51)34-29-26-23-20-17-14-11-8-2)37-32-31-36-44(48-46(54)56-47(4,5)6)45(53)55-40-43(52)35-30-27-24-21-18-15-12-9-3/h41-44,50-52H,7-40H2,1-6H3,(H,48,54). The number of aliphatic hydroxyl groups excluding tert-OH is 3. The Morgan fingerprint density at radius 3 is 1.27 bits per heavy atom. The number of alkyl carbamates (subject to hydrolysis) is 1. The van der Waals surface area contributed by atoms with Crippen LogP contribution in [0.15, 0.2) is 0 Å². The summed E-state index contributed by atoms with van der Waals surface area (Å²) in [4.78, 5) is 28.1. The van der Waals surface area contributed by atoms with E-state index in [9.17, 15) is 24.9 Å². The fraction of sp³-hybridized carbons (Fsp3) is 0.957. The van der Waals surface area contributed by atoms with Crippen molar-refractivity contribution in [1.82, 2.24) is 10.2 Å². The van der Waals surface area contributed by atoms with Crippen molar-refractivity contribution >= 4 is 12.1 Å². The monoisotopic (exact) mass is 799 g/mol. The van der Waals surface area contributed by atoms with Gasteiger partial charge in [0.15, 0.2) is 0 Å². The molecular formula is C47H94N2O7. The molecule has 0 saturated heterocycles. The molecule has 0 rings (SSSR count). The lowest BCUT2D eigenvalue weighted by Gasteiger charge is -2.28. The Balaban J connectivity index is 5.08. The van der Waals surface area contributed by atoms with Crippen molar-refractivity contribution in [3.63, 3.8) is 0 Å². The zero-order valence-electron chi connectivity index (χ0n) is 37.8. The zero-order chi connectivity index (χ0) is 41.7. The van der Waals surface area contributed by atoms with Crippen LogP contribution in [-0.2, 0) is 14.3 Å². The third-order valence-corrected chi connectivity index (χ3v) is 10.7. The molecule has 9 nitrogen and oxygen atoms in total. The summed E-state index contributed by atoms with van der Waals surface area (Å²) in [5, 5.41) is 35.2. The van der Waals surface area contributed by atoms with Crippen LogP contribution in [0, 0.1) is 0 Å². The van der Waals surface area contributed by atoms with E-state index in [1.165, 1.54) is 109 Å². The van der Waals surface area contributed by atoms with Gasteiger partial charge in [0.1, 0.15) is 18.2 Å². The average Bonchev–Trinajstić information content (AvgIpc) is 3.14. The molecular weight excluding hydrogens is 705 g/mol. The van der Waals surface area contributed by atoms with E-state index >= 15 is 0 Å². The fourth-order valence-electron chi connectivity index (χ4n) is 7.32. The molecule has 0 aliphatic heterocycles. The Kier molecular flexibility index (Phi) is 36.9. The van der Waals surface area contributed by atoms with Crippen molar-refractivity contribution in [2.75, 3.05) is 26.2 Å². The third kappa shape index (κ3) is 36.9. The largest absolute Gasteiger partial charge is 0.461 e. The molecule has 0 aromatic rings. The summed E-state index contributed by atoms with van der Waals surface area (Å²) in [5.41, 5.74) is -0.712. The Hall–Kier alpha value is -1.42. The van der Waals surface area contributed by atoms with Gasteiger partial charge in [0, 0.05) is 13.1 Å². The summed E-state index contributed by atoms with van der Waals surface area (Å²) >= 11 is 0. The number of esters is 1. The first-order valence-electron chi connectivity index (χ1n) is 23.8. The number of rotatable bonds is 40. The van der Waals surface area contributed by atoms with Crippen LogP contribution in [0.5, 0.6) is 0 Å². The second-order valence-electron chi connectivity index (χ2n) is 17.8. The minimum absolute atomic E-state index is 0.0941. The number of ether oxygens (including phenoxy) is 2. The summed E-state index contributed by atoms with van der Waals surface area (Å²) in [6.45, 7) is 13.7. The maximum atomic E-state index is 13.2. The second-order valence-corrected chi connectivity index (χ2v) is 17.8. The van der Waals surface area contributed by atoms with Crippen molar-refractivity contribution in [1.29, 1.82) is 0 Å². The molecule has 0 aromatic carbocycles. The van der Waals surface area contributed by atoms with E-state index in [4.69, 9.17) is 9.47 Å². The Labute approximate surface area is 346 Å². The number of carbonyl (C=O) groups is 2. The average molecular weight is 799 g/mol. The van der Waals surface area contributed by atoms with Gasteiger partial charge in [0.2, 0.25) is 0 Å². The molecule has 0 aliphatic rings. The lowest BCUT2D eigenvalue weighted by Crippen LogP contribution is -2.45. The van der Waals surface area contributed by atoms with Gasteiger partial charge in [-0.15, -0.1) is 0 Å². The molecule has 0 aromatic heterocycles. The maximum absolute atomic E-state index is 13.2. The molecule has 4 atom stereocenters. The molecule has 1 amide bonds. The SMILES string of the molecule is CCCCCCCCCCC(O)COC(=O)C(CCCCN(CC(O)CCCCCCCCCC)CC(O)CCCCCCCCCC)NC(=O)OC(C)(C)C. The van der Waals surface area contributed by atoms with E-state index in [-0.39, 0.29) is 6.61 Å². The van der Waals surface area contributed by atoms with Gasteiger partial charge in [-0.25, -0.2) is 9.59 Å². The summed E-state index contributed by atoms with van der Waals surface area (Å²) in [5.74, 6) is -0.565. The number of hydrogen-bond donors (Lipinski definition) is 4. The predicted octanol–water partition coefficient (Wildman–Crippen LogP) is 11.6. The summed E-state index contributed by atoms with van der Waals surface area (Å²) in [7, 11) is 0. The number of carbonyl (C=O) groups excluding carboxylic acids is 2. The maximum Gasteiger partial charge on any atom is 0.408 e. The van der Waals surface area contributed by atoms with Gasteiger partial charge in [-0.2, -0.15) is 0 Å². The van der Waals surface area contributed by atoms with Gasteiger partial charge < -0.3 is 30.1 Å². The van der Waals surface area contributed by atoms with Gasteiger partial charge in [-0.3, -0.25) is 4.90 Å². The van der Waals surface area contributed by atoms with Crippen LogP contribution in [0.25, 0.3) is 0 Å². The second kappa shape index (κ2) is 37.8. The highest BCUT2D eigenvalue weighted by molar-refractivity contribution is 5.81. The van der Waals surface area contributed by atoms with Gasteiger partial charge in [0.25, 0.3) is 0 Å². The normalized spacial score (nSPS) is 14.1. The number of nitrogens with zero attached hydrogens (tertiary/aromatic N) is 1. The van der Waals surface area contributed by atoms with E-state index in [0.717, 1.165) is 64.2 Å². The summed E-state index contributed by atoms with van der Waals surface area (Å²) < 4.78 is 11.0. The van der Waals surface area contributed by atoms with E-state index < -0.39 is 42.0 Å². The van der Waals surface area contributed by atoms with Crippen molar-refractivity contribution < 1.29 is 34.4 Å². The minimum Gasteiger partial charge on any atom is -0.461 e. The highest BCUT2D eigenvalue weighted by Gasteiger charge is 2.26. The molecule has 4 N–H and O–H groups in total. The molecule has 0 bridgehead atoms. The molecule has 0 spiro atoms. The molecule has 0 radical (unpaired) electrons. The van der Waals surface area contributed by atoms with Crippen LogP contribution >= 0.6 is 0 Å². The van der Waals surface area contributed by atoms with Crippen LogP contribution in [-0.4, -0.2) is 88.5 Å². The first kappa shape index (κ1) is 54.6. The van der Waals surface area contributed by atoms with Gasteiger partial charge in [-0.05, 0) is 65.8 Å². The highest BCUT2D eigenvalue weighted by Crippen LogP contribution is 2.16. The van der Waals surface area contributed by atoms with E-state index in [1.807, 2.05) is 0 Å². The first-order valence-corrected chi connectivity index (χ1v) is 23.8. The topological polar surface area (TPSA) is 129 Å². The summed E-state index contributed by atoms with van der Waals surface area (Å²) in [6, 6.07) is -0.895. The predicted molar refractivity (Wildman–Crippen MR) is 234 cm³/mol. The van der Waals surface area contributed by atoms with Crippen molar-refractivity contribution in [3.8, 4) is 0 Å².